The Hall–Kier alpha value is -1.35. The number of carbonyl (C=O) groups excluding carboxylic acids is 1. The molecule has 2 rings (SSSR count). The molecule has 1 aliphatic carbocycles. The fourth-order valence-electron chi connectivity index (χ4n) is 2.90. The van der Waals surface area contributed by atoms with Crippen molar-refractivity contribution in [2.45, 2.75) is 39.2 Å². The van der Waals surface area contributed by atoms with Crippen LogP contribution in [0.25, 0.3) is 0 Å². The molecule has 0 saturated heterocycles. The number of nitrogens with zero attached hydrogens (tertiary/aromatic N) is 1. The minimum Gasteiger partial charge on any atom is -0.355 e. The van der Waals surface area contributed by atoms with E-state index in [4.69, 9.17) is 0 Å². The van der Waals surface area contributed by atoms with E-state index in [2.05, 4.69) is 55.4 Å². The number of aryl methyl sites for hydroxylation is 1. The number of hydrogen-bond acceptors (Lipinski definition) is 2. The van der Waals surface area contributed by atoms with Crippen LogP contribution in [-0.4, -0.2) is 30.9 Å². The van der Waals surface area contributed by atoms with Gasteiger partial charge in [-0.3, -0.25) is 9.69 Å². The summed E-state index contributed by atoms with van der Waals surface area (Å²) < 4.78 is 0. The highest BCUT2D eigenvalue weighted by Crippen LogP contribution is 2.33. The van der Waals surface area contributed by atoms with Gasteiger partial charge in [-0.1, -0.05) is 38.1 Å². The van der Waals surface area contributed by atoms with Crippen molar-refractivity contribution in [2.24, 2.45) is 5.92 Å². The molecule has 3 nitrogen and oxygen atoms in total. The third-order valence-electron chi connectivity index (χ3n) is 3.97. The second-order valence-corrected chi connectivity index (χ2v) is 6.22. The molecule has 1 aliphatic rings. The molecular formula is C17H26N2O. The van der Waals surface area contributed by atoms with Gasteiger partial charge in [-0.05, 0) is 43.4 Å². The van der Waals surface area contributed by atoms with Crippen LogP contribution in [0.15, 0.2) is 24.3 Å². The Bertz CT molecular complexity index is 456. The van der Waals surface area contributed by atoms with Gasteiger partial charge in [-0.15, -0.1) is 0 Å². The number of carbonyl (C=O) groups is 1. The van der Waals surface area contributed by atoms with Crippen LogP contribution in [0.3, 0.4) is 0 Å². The van der Waals surface area contributed by atoms with Crippen molar-refractivity contribution in [3.8, 4) is 0 Å². The molecule has 0 spiro atoms. The smallest absolute Gasteiger partial charge is 0.234 e. The molecule has 0 aliphatic heterocycles. The van der Waals surface area contributed by atoms with E-state index in [9.17, 15) is 4.79 Å². The maximum atomic E-state index is 12.0. The van der Waals surface area contributed by atoms with Crippen LogP contribution in [-0.2, 0) is 11.2 Å². The zero-order valence-electron chi connectivity index (χ0n) is 12.9. The normalized spacial score (nSPS) is 18.1. The summed E-state index contributed by atoms with van der Waals surface area (Å²) in [6.07, 6.45) is 3.52. The highest BCUT2D eigenvalue weighted by Gasteiger charge is 2.24. The zero-order valence-corrected chi connectivity index (χ0v) is 12.9. The van der Waals surface area contributed by atoms with Crippen LogP contribution >= 0.6 is 0 Å². The van der Waals surface area contributed by atoms with Crippen molar-refractivity contribution in [1.29, 1.82) is 0 Å². The highest BCUT2D eigenvalue weighted by molar-refractivity contribution is 5.78. The molecule has 0 bridgehead atoms. The Labute approximate surface area is 122 Å². The molecule has 1 atom stereocenters. The number of rotatable bonds is 5. The molecule has 1 unspecified atom stereocenters. The van der Waals surface area contributed by atoms with Gasteiger partial charge in [0.05, 0.1) is 6.54 Å². The minimum absolute atomic E-state index is 0.129. The van der Waals surface area contributed by atoms with Crippen molar-refractivity contribution in [3.63, 3.8) is 0 Å². The first-order chi connectivity index (χ1) is 9.58. The Morgan fingerprint density at radius 1 is 1.40 bits per heavy atom. The molecule has 1 aromatic rings. The quantitative estimate of drug-likeness (QED) is 0.895. The predicted octanol–water partition coefficient (Wildman–Crippen LogP) is 2.77. The first-order valence-electron chi connectivity index (χ1n) is 7.62. The van der Waals surface area contributed by atoms with Gasteiger partial charge in [0, 0.05) is 12.6 Å². The average molecular weight is 274 g/mol. The molecule has 3 heteroatoms. The molecule has 20 heavy (non-hydrogen) atoms. The highest BCUT2D eigenvalue weighted by atomic mass is 16.2. The van der Waals surface area contributed by atoms with Crippen LogP contribution in [0.1, 0.15) is 43.9 Å². The lowest BCUT2D eigenvalue weighted by Crippen LogP contribution is -2.39. The van der Waals surface area contributed by atoms with E-state index >= 15 is 0 Å². The molecule has 1 amide bonds. The molecule has 0 heterocycles. The first-order valence-corrected chi connectivity index (χ1v) is 7.62. The Balaban J connectivity index is 1.96. The van der Waals surface area contributed by atoms with Gasteiger partial charge in [0.25, 0.3) is 0 Å². The third kappa shape index (κ3) is 3.83. The summed E-state index contributed by atoms with van der Waals surface area (Å²) in [5, 5.41) is 3.00. The topological polar surface area (TPSA) is 32.3 Å². The molecule has 0 fully saturated rings. The summed E-state index contributed by atoms with van der Waals surface area (Å²) in [4.78, 5) is 14.1. The van der Waals surface area contributed by atoms with E-state index in [1.807, 2.05) is 0 Å². The SMILES string of the molecule is CC(C)CNC(=O)CN(C)C1CCCc2ccccc21. The zero-order chi connectivity index (χ0) is 14.5. The Morgan fingerprint density at radius 3 is 2.90 bits per heavy atom. The molecule has 1 N–H and O–H groups in total. The minimum atomic E-state index is 0.129. The first kappa shape index (κ1) is 15.0. The van der Waals surface area contributed by atoms with Crippen LogP contribution in [0, 0.1) is 5.92 Å². The standard InChI is InChI=1S/C17H26N2O/c1-13(2)11-18-17(20)12-19(3)16-10-6-8-14-7-4-5-9-15(14)16/h4-5,7,9,13,16H,6,8,10-12H2,1-3H3,(H,18,20). The number of hydrogen-bond donors (Lipinski definition) is 1. The van der Waals surface area contributed by atoms with Gasteiger partial charge in [-0.2, -0.15) is 0 Å². The van der Waals surface area contributed by atoms with Crippen LogP contribution in [0.2, 0.25) is 0 Å². The molecule has 0 saturated carbocycles. The summed E-state index contributed by atoms with van der Waals surface area (Å²) in [5.74, 6) is 0.629. The van der Waals surface area contributed by atoms with Gasteiger partial charge in [0.15, 0.2) is 0 Å². The maximum absolute atomic E-state index is 12.0. The fourth-order valence-corrected chi connectivity index (χ4v) is 2.90. The average Bonchev–Trinajstić information content (AvgIpc) is 2.44. The van der Waals surface area contributed by atoms with Crippen molar-refractivity contribution >= 4 is 5.91 Å². The second-order valence-electron chi connectivity index (χ2n) is 6.22. The lowest BCUT2D eigenvalue weighted by Gasteiger charge is -2.33. The predicted molar refractivity (Wildman–Crippen MR) is 82.6 cm³/mol. The number of amides is 1. The van der Waals surface area contributed by atoms with Gasteiger partial charge in [-0.25, -0.2) is 0 Å². The van der Waals surface area contributed by atoms with Crippen molar-refractivity contribution < 1.29 is 4.79 Å². The maximum Gasteiger partial charge on any atom is 0.234 e. The van der Waals surface area contributed by atoms with Gasteiger partial charge in [0.1, 0.15) is 0 Å². The monoisotopic (exact) mass is 274 g/mol. The van der Waals surface area contributed by atoms with Crippen molar-refractivity contribution in [3.05, 3.63) is 35.4 Å². The number of fused-ring (bicyclic) bond motifs is 1. The largest absolute Gasteiger partial charge is 0.355 e. The fraction of sp³-hybridized carbons (Fsp3) is 0.588. The van der Waals surface area contributed by atoms with E-state index in [0.717, 1.165) is 13.0 Å². The van der Waals surface area contributed by atoms with Gasteiger partial charge >= 0.3 is 0 Å². The number of benzene rings is 1. The lowest BCUT2D eigenvalue weighted by molar-refractivity contribution is -0.122. The van der Waals surface area contributed by atoms with Gasteiger partial charge in [0.2, 0.25) is 5.91 Å². The van der Waals surface area contributed by atoms with E-state index in [1.54, 1.807) is 0 Å². The Kier molecular flexibility index (Phi) is 5.18. The summed E-state index contributed by atoms with van der Waals surface area (Å²) >= 11 is 0. The molecule has 110 valence electrons. The van der Waals surface area contributed by atoms with Gasteiger partial charge < -0.3 is 5.32 Å². The Morgan fingerprint density at radius 2 is 2.15 bits per heavy atom. The van der Waals surface area contributed by atoms with E-state index < -0.39 is 0 Å². The number of likely N-dealkylation sites (N-methyl/N-ethyl adjacent to an activating group) is 1. The number of nitrogens with one attached hydrogen (secondary N) is 1. The summed E-state index contributed by atoms with van der Waals surface area (Å²) in [6.45, 7) is 5.46. The van der Waals surface area contributed by atoms with Crippen LogP contribution in [0.4, 0.5) is 0 Å². The second kappa shape index (κ2) is 6.89. The molecular weight excluding hydrogens is 248 g/mol. The van der Waals surface area contributed by atoms with E-state index in [1.165, 1.54) is 24.0 Å². The summed E-state index contributed by atoms with van der Waals surface area (Å²) in [7, 11) is 2.06. The molecule has 0 aromatic heterocycles. The van der Waals surface area contributed by atoms with Crippen LogP contribution < -0.4 is 5.32 Å². The van der Waals surface area contributed by atoms with E-state index in [0.29, 0.717) is 18.5 Å². The molecule has 0 radical (unpaired) electrons. The van der Waals surface area contributed by atoms with E-state index in [-0.39, 0.29) is 5.91 Å². The van der Waals surface area contributed by atoms with Crippen LogP contribution in [0.5, 0.6) is 0 Å². The summed E-state index contributed by atoms with van der Waals surface area (Å²) in [5.41, 5.74) is 2.84. The lowest BCUT2D eigenvalue weighted by atomic mass is 9.87. The van der Waals surface area contributed by atoms with Crippen molar-refractivity contribution in [2.75, 3.05) is 20.1 Å². The summed E-state index contributed by atoms with van der Waals surface area (Å²) in [6, 6.07) is 9.01. The van der Waals surface area contributed by atoms with Crippen molar-refractivity contribution in [1.82, 2.24) is 10.2 Å². The molecule has 1 aromatic carbocycles. The third-order valence-corrected chi connectivity index (χ3v) is 3.97.